The van der Waals surface area contributed by atoms with E-state index in [0.29, 0.717) is 6.90 Å². The first-order valence-electron chi connectivity index (χ1n) is 4.47. The maximum atomic E-state index is 10.0. The fourth-order valence-corrected chi connectivity index (χ4v) is 0.746. The van der Waals surface area contributed by atoms with Gasteiger partial charge in [-0.3, -0.25) is 4.79 Å². The molecule has 0 aromatic heterocycles. The SMILES string of the molecule is [2H]CC(C)=CCCC(C)=CC=O. The second-order valence-electron chi connectivity index (χ2n) is 2.74. The zero-order chi connectivity index (χ0) is 9.40. The molecule has 0 aromatic rings. The summed E-state index contributed by atoms with van der Waals surface area (Å²) in [6.45, 7) is 4.26. The van der Waals surface area contributed by atoms with E-state index in [1.54, 1.807) is 6.08 Å². The summed E-state index contributed by atoms with van der Waals surface area (Å²) < 4.78 is 7.04. The Kier molecular flexibility index (Phi) is 4.42. The zero-order valence-electron chi connectivity index (χ0n) is 8.26. The molecule has 0 spiro atoms. The van der Waals surface area contributed by atoms with Crippen LogP contribution in [0.3, 0.4) is 0 Å². The van der Waals surface area contributed by atoms with Crippen LogP contribution in [-0.4, -0.2) is 6.29 Å². The molecule has 0 amide bonds. The third kappa shape index (κ3) is 7.04. The molecular formula is C10H16O. The van der Waals surface area contributed by atoms with Gasteiger partial charge < -0.3 is 0 Å². The van der Waals surface area contributed by atoms with Gasteiger partial charge in [-0.1, -0.05) is 17.2 Å². The number of hydrogen-bond donors (Lipinski definition) is 0. The molecule has 0 unspecified atom stereocenters. The van der Waals surface area contributed by atoms with Gasteiger partial charge in [-0.05, 0) is 39.7 Å². The molecule has 0 radical (unpaired) electrons. The molecule has 11 heavy (non-hydrogen) atoms. The van der Waals surface area contributed by atoms with Crippen molar-refractivity contribution < 1.29 is 6.17 Å². The van der Waals surface area contributed by atoms with E-state index >= 15 is 0 Å². The van der Waals surface area contributed by atoms with Gasteiger partial charge in [0.05, 0.1) is 0 Å². The molecule has 0 bridgehead atoms. The van der Waals surface area contributed by atoms with Crippen LogP contribution in [0, 0.1) is 0 Å². The first-order chi connectivity index (χ1) is 5.70. The topological polar surface area (TPSA) is 17.1 Å². The van der Waals surface area contributed by atoms with Gasteiger partial charge >= 0.3 is 0 Å². The summed E-state index contributed by atoms with van der Waals surface area (Å²) in [6.07, 6.45) is 6.30. The number of hydrogen-bond acceptors (Lipinski definition) is 1. The Morgan fingerprint density at radius 2 is 2.27 bits per heavy atom. The largest absolute Gasteiger partial charge is 0.299 e. The van der Waals surface area contributed by atoms with Gasteiger partial charge in [-0.2, -0.15) is 0 Å². The lowest BCUT2D eigenvalue weighted by Gasteiger charge is -1.94. The Morgan fingerprint density at radius 3 is 2.82 bits per heavy atom. The molecule has 0 aliphatic rings. The lowest BCUT2D eigenvalue weighted by molar-refractivity contribution is -0.104. The Morgan fingerprint density at radius 1 is 1.55 bits per heavy atom. The highest BCUT2D eigenvalue weighted by atomic mass is 16.1. The molecule has 0 fully saturated rings. The van der Waals surface area contributed by atoms with Gasteiger partial charge in [0.25, 0.3) is 0 Å². The summed E-state index contributed by atoms with van der Waals surface area (Å²) in [4.78, 5) is 10.0. The highest BCUT2D eigenvalue weighted by molar-refractivity contribution is 5.65. The molecule has 0 heterocycles. The third-order valence-corrected chi connectivity index (χ3v) is 1.38. The Hall–Kier alpha value is -0.850. The number of carbonyl (C=O) groups is 1. The molecule has 0 aromatic carbocycles. The van der Waals surface area contributed by atoms with Crippen LogP contribution in [0.25, 0.3) is 0 Å². The van der Waals surface area contributed by atoms with Gasteiger partial charge in [0, 0.05) is 1.37 Å². The number of rotatable bonds is 4. The smallest absolute Gasteiger partial charge is 0.142 e. The second-order valence-corrected chi connectivity index (χ2v) is 2.74. The molecule has 1 nitrogen and oxygen atoms in total. The van der Waals surface area contributed by atoms with E-state index in [0.717, 1.165) is 30.3 Å². The molecule has 62 valence electrons. The van der Waals surface area contributed by atoms with Crippen LogP contribution in [0.2, 0.25) is 0 Å². The van der Waals surface area contributed by atoms with E-state index in [9.17, 15) is 4.79 Å². The van der Waals surface area contributed by atoms with Crippen molar-refractivity contribution in [3.8, 4) is 0 Å². The van der Waals surface area contributed by atoms with Crippen molar-refractivity contribution in [2.75, 3.05) is 0 Å². The molecule has 0 saturated heterocycles. The Balaban J connectivity index is 3.69. The average Bonchev–Trinajstić information content (AvgIpc) is 2.04. The van der Waals surface area contributed by atoms with Crippen LogP contribution in [0.15, 0.2) is 23.3 Å². The van der Waals surface area contributed by atoms with Crippen LogP contribution in [0.1, 0.15) is 35.0 Å². The minimum Gasteiger partial charge on any atom is -0.299 e. The Bertz CT molecular complexity index is 192. The number of carbonyl (C=O) groups excluding carboxylic acids is 1. The van der Waals surface area contributed by atoms with Crippen molar-refractivity contribution in [2.45, 2.75) is 33.6 Å². The van der Waals surface area contributed by atoms with E-state index in [-0.39, 0.29) is 0 Å². The van der Waals surface area contributed by atoms with Crippen molar-refractivity contribution in [3.05, 3.63) is 23.3 Å². The first kappa shape index (κ1) is 8.25. The zero-order valence-corrected chi connectivity index (χ0v) is 7.26. The minimum absolute atomic E-state index is 0.371. The summed E-state index contributed by atoms with van der Waals surface area (Å²) in [5.74, 6) is 0. The molecule has 0 aliphatic carbocycles. The standard InChI is InChI=1S/C10H16O/c1-9(2)5-4-6-10(3)7-8-11/h5,7-8H,4,6H2,1-3H3/i1D. The van der Waals surface area contributed by atoms with E-state index in [1.165, 1.54) is 0 Å². The summed E-state index contributed by atoms with van der Waals surface area (Å²) in [5.41, 5.74) is 2.19. The highest BCUT2D eigenvalue weighted by Gasteiger charge is 1.86. The van der Waals surface area contributed by atoms with Crippen molar-refractivity contribution in [1.29, 1.82) is 0 Å². The quantitative estimate of drug-likeness (QED) is 0.345. The van der Waals surface area contributed by atoms with E-state index in [4.69, 9.17) is 1.37 Å². The van der Waals surface area contributed by atoms with Crippen LogP contribution >= 0.6 is 0 Å². The lowest BCUT2D eigenvalue weighted by Crippen LogP contribution is -1.77. The second kappa shape index (κ2) is 5.90. The van der Waals surface area contributed by atoms with E-state index in [1.807, 2.05) is 13.8 Å². The van der Waals surface area contributed by atoms with Gasteiger partial charge in [0.1, 0.15) is 6.29 Å². The number of aldehydes is 1. The molecule has 1 heteroatoms. The van der Waals surface area contributed by atoms with Crippen molar-refractivity contribution in [1.82, 2.24) is 0 Å². The van der Waals surface area contributed by atoms with Crippen molar-refractivity contribution in [2.24, 2.45) is 0 Å². The van der Waals surface area contributed by atoms with Crippen LogP contribution in [0.4, 0.5) is 0 Å². The average molecular weight is 153 g/mol. The van der Waals surface area contributed by atoms with Crippen molar-refractivity contribution >= 4 is 6.29 Å². The fraction of sp³-hybridized carbons (Fsp3) is 0.500. The van der Waals surface area contributed by atoms with E-state index in [2.05, 4.69) is 6.08 Å². The normalized spacial score (nSPS) is 14.5. The summed E-state index contributed by atoms with van der Waals surface area (Å²) >= 11 is 0. The maximum Gasteiger partial charge on any atom is 0.142 e. The first-order valence-corrected chi connectivity index (χ1v) is 3.76. The number of allylic oxidation sites excluding steroid dienone is 4. The summed E-state index contributed by atoms with van der Waals surface area (Å²) in [7, 11) is 0. The molecular weight excluding hydrogens is 136 g/mol. The van der Waals surface area contributed by atoms with E-state index < -0.39 is 0 Å². The van der Waals surface area contributed by atoms with Crippen LogP contribution < -0.4 is 0 Å². The lowest BCUT2D eigenvalue weighted by atomic mass is 10.1. The Labute approximate surface area is 70.2 Å². The van der Waals surface area contributed by atoms with Crippen LogP contribution in [-0.2, 0) is 4.79 Å². The summed E-state index contributed by atoms with van der Waals surface area (Å²) in [5, 5.41) is 0. The molecule has 0 N–H and O–H groups in total. The molecule has 0 aliphatic heterocycles. The predicted octanol–water partition coefficient (Wildman–Crippen LogP) is 2.88. The summed E-state index contributed by atoms with van der Waals surface area (Å²) in [6, 6.07) is 0. The maximum absolute atomic E-state index is 10.0. The van der Waals surface area contributed by atoms with Gasteiger partial charge in [-0.25, -0.2) is 0 Å². The minimum atomic E-state index is 0.371. The van der Waals surface area contributed by atoms with Gasteiger partial charge in [-0.15, -0.1) is 0 Å². The van der Waals surface area contributed by atoms with Crippen molar-refractivity contribution in [3.63, 3.8) is 0 Å². The van der Waals surface area contributed by atoms with Crippen LogP contribution in [0.5, 0.6) is 0 Å². The fourth-order valence-electron chi connectivity index (χ4n) is 0.746. The predicted molar refractivity (Wildman–Crippen MR) is 48.5 cm³/mol. The third-order valence-electron chi connectivity index (χ3n) is 1.38. The highest BCUT2D eigenvalue weighted by Crippen LogP contribution is 2.05. The van der Waals surface area contributed by atoms with Gasteiger partial charge in [0.15, 0.2) is 0 Å². The molecule has 0 saturated carbocycles. The monoisotopic (exact) mass is 153 g/mol. The molecule has 0 rings (SSSR count). The molecule has 0 atom stereocenters. The van der Waals surface area contributed by atoms with Gasteiger partial charge in [0.2, 0.25) is 0 Å².